The first kappa shape index (κ1) is 20.8. The fraction of sp³-hybridized carbons (Fsp3) is 0.360. The second-order valence-electron chi connectivity index (χ2n) is 7.59. The summed E-state index contributed by atoms with van der Waals surface area (Å²) in [6, 6.07) is 12.3. The van der Waals surface area contributed by atoms with E-state index in [1.807, 2.05) is 51.1 Å². The lowest BCUT2D eigenvalue weighted by Crippen LogP contribution is -2.21. The predicted molar refractivity (Wildman–Crippen MR) is 122 cm³/mol. The topological polar surface area (TPSA) is 54.0 Å². The van der Waals surface area contributed by atoms with Gasteiger partial charge in [0.1, 0.15) is 5.82 Å². The van der Waals surface area contributed by atoms with Crippen LogP contribution in [0.25, 0.3) is 5.57 Å². The zero-order valence-corrected chi connectivity index (χ0v) is 17.7. The Morgan fingerprint density at radius 2 is 2.00 bits per heavy atom. The second-order valence-corrected chi connectivity index (χ2v) is 7.59. The van der Waals surface area contributed by atoms with E-state index in [9.17, 15) is 4.79 Å². The van der Waals surface area contributed by atoms with Gasteiger partial charge in [-0.15, -0.1) is 0 Å². The van der Waals surface area contributed by atoms with E-state index in [0.29, 0.717) is 0 Å². The largest absolute Gasteiger partial charge is 0.370 e. The van der Waals surface area contributed by atoms with Crippen LogP contribution in [0, 0.1) is 5.92 Å². The number of rotatable bonds is 7. The van der Waals surface area contributed by atoms with E-state index in [1.54, 1.807) is 0 Å². The third-order valence-corrected chi connectivity index (χ3v) is 5.38. The lowest BCUT2D eigenvalue weighted by Gasteiger charge is -2.18. The molecule has 1 aliphatic heterocycles. The maximum absolute atomic E-state index is 12.6. The Morgan fingerprint density at radius 3 is 2.72 bits per heavy atom. The van der Waals surface area contributed by atoms with Crippen molar-refractivity contribution in [3.8, 4) is 0 Å². The molecule has 4 nitrogen and oxygen atoms in total. The van der Waals surface area contributed by atoms with Gasteiger partial charge in [0.25, 0.3) is 0 Å². The Kier molecular flexibility index (Phi) is 7.23. The predicted octanol–water partition coefficient (Wildman–Crippen LogP) is 5.63. The highest BCUT2D eigenvalue weighted by molar-refractivity contribution is 5.92. The molecule has 29 heavy (non-hydrogen) atoms. The first-order chi connectivity index (χ1) is 14.1. The smallest absolute Gasteiger partial charge is 0.227 e. The van der Waals surface area contributed by atoms with Gasteiger partial charge in [0.2, 0.25) is 5.91 Å². The molecular formula is C25H31N3O. The van der Waals surface area contributed by atoms with Crippen molar-refractivity contribution in [1.29, 1.82) is 0 Å². The second kappa shape index (κ2) is 10.1. The third-order valence-electron chi connectivity index (χ3n) is 5.38. The molecule has 3 rings (SSSR count). The van der Waals surface area contributed by atoms with E-state index in [1.165, 1.54) is 11.1 Å². The fourth-order valence-corrected chi connectivity index (χ4v) is 3.55. The van der Waals surface area contributed by atoms with E-state index in [0.717, 1.165) is 55.0 Å². The number of allylic oxidation sites excluding steroid dienone is 4. The average Bonchev–Trinajstić information content (AvgIpc) is 2.76. The quantitative estimate of drug-likeness (QED) is 0.604. The summed E-state index contributed by atoms with van der Waals surface area (Å²) in [6.45, 7) is 7.01. The highest BCUT2D eigenvalue weighted by Crippen LogP contribution is 2.22. The number of benzene rings is 1. The Hall–Kier alpha value is -2.88. The average molecular weight is 390 g/mol. The summed E-state index contributed by atoms with van der Waals surface area (Å²) in [6.07, 6.45) is 10.0. The van der Waals surface area contributed by atoms with Crippen LogP contribution in [-0.2, 0) is 17.6 Å². The van der Waals surface area contributed by atoms with Crippen molar-refractivity contribution in [1.82, 2.24) is 4.98 Å². The molecule has 1 aromatic heterocycles. The molecule has 0 radical (unpaired) electrons. The van der Waals surface area contributed by atoms with Crippen molar-refractivity contribution in [3.05, 3.63) is 71.4 Å². The van der Waals surface area contributed by atoms with Crippen molar-refractivity contribution in [3.63, 3.8) is 0 Å². The zero-order valence-electron chi connectivity index (χ0n) is 17.7. The molecule has 1 atom stereocenters. The number of aromatic nitrogens is 1. The van der Waals surface area contributed by atoms with Gasteiger partial charge >= 0.3 is 0 Å². The Morgan fingerprint density at radius 1 is 1.21 bits per heavy atom. The van der Waals surface area contributed by atoms with Crippen molar-refractivity contribution < 1.29 is 4.79 Å². The normalized spacial score (nSPS) is 14.9. The molecule has 1 unspecified atom stereocenters. The lowest BCUT2D eigenvalue weighted by molar-refractivity contribution is -0.119. The van der Waals surface area contributed by atoms with Crippen LogP contribution >= 0.6 is 0 Å². The van der Waals surface area contributed by atoms with Crippen LogP contribution in [0.4, 0.5) is 11.5 Å². The van der Waals surface area contributed by atoms with Crippen molar-refractivity contribution in [2.45, 2.75) is 46.5 Å². The van der Waals surface area contributed by atoms with Crippen LogP contribution in [0.3, 0.4) is 0 Å². The maximum Gasteiger partial charge on any atom is 0.227 e. The number of carbonyl (C=O) groups is 1. The van der Waals surface area contributed by atoms with Gasteiger partial charge in [-0.2, -0.15) is 0 Å². The molecule has 152 valence electrons. The van der Waals surface area contributed by atoms with Gasteiger partial charge < -0.3 is 10.6 Å². The highest BCUT2D eigenvalue weighted by atomic mass is 16.1. The molecule has 0 spiro atoms. The lowest BCUT2D eigenvalue weighted by atomic mass is 10.0. The number of amides is 1. The number of nitrogens with one attached hydrogen (secondary N) is 2. The van der Waals surface area contributed by atoms with Crippen LogP contribution in [-0.4, -0.2) is 17.4 Å². The number of aryl methyl sites for hydroxylation is 2. The molecule has 2 N–H and O–H groups in total. The number of pyridine rings is 1. The Balaban J connectivity index is 1.54. The van der Waals surface area contributed by atoms with Crippen molar-refractivity contribution in [2.75, 3.05) is 17.2 Å². The Bertz CT molecular complexity index is 897. The van der Waals surface area contributed by atoms with Gasteiger partial charge in [-0.25, -0.2) is 4.98 Å². The summed E-state index contributed by atoms with van der Waals surface area (Å²) in [5, 5.41) is 6.41. The summed E-state index contributed by atoms with van der Waals surface area (Å²) in [4.78, 5) is 17.3. The van der Waals surface area contributed by atoms with Crippen LogP contribution in [0.5, 0.6) is 0 Å². The van der Waals surface area contributed by atoms with E-state index >= 15 is 0 Å². The summed E-state index contributed by atoms with van der Waals surface area (Å²) < 4.78 is 0. The van der Waals surface area contributed by atoms with E-state index in [-0.39, 0.29) is 11.8 Å². The van der Waals surface area contributed by atoms with Crippen LogP contribution in [0.1, 0.15) is 50.4 Å². The van der Waals surface area contributed by atoms with Gasteiger partial charge in [-0.3, -0.25) is 4.79 Å². The van der Waals surface area contributed by atoms with Crippen LogP contribution < -0.4 is 10.6 Å². The summed E-state index contributed by atoms with van der Waals surface area (Å²) in [5.74, 6) is 0.993. The first-order valence-electron chi connectivity index (χ1n) is 10.5. The zero-order chi connectivity index (χ0) is 20.6. The van der Waals surface area contributed by atoms with Crippen LogP contribution in [0.2, 0.25) is 0 Å². The molecular weight excluding hydrogens is 358 g/mol. The first-order valence-corrected chi connectivity index (χ1v) is 10.5. The number of carbonyl (C=O) groups excluding carboxylic acids is 1. The van der Waals surface area contributed by atoms with Gasteiger partial charge in [-0.1, -0.05) is 43.4 Å². The van der Waals surface area contributed by atoms with Gasteiger partial charge in [0.15, 0.2) is 0 Å². The van der Waals surface area contributed by atoms with Crippen molar-refractivity contribution >= 4 is 23.0 Å². The van der Waals surface area contributed by atoms with E-state index in [4.69, 9.17) is 4.98 Å². The summed E-state index contributed by atoms with van der Waals surface area (Å²) in [7, 11) is 0. The molecule has 2 aromatic rings. The van der Waals surface area contributed by atoms with E-state index in [2.05, 4.69) is 34.9 Å². The maximum atomic E-state index is 12.6. The third kappa shape index (κ3) is 5.57. The van der Waals surface area contributed by atoms with Gasteiger partial charge in [0.05, 0.1) is 0 Å². The molecule has 4 heteroatoms. The minimum Gasteiger partial charge on any atom is -0.370 e. The SMILES string of the molecule is CC=CC(=CC)c1ccc(NC(=O)C(C)CCc2ccc3c(n2)NCCC3)cc1. The fourth-order valence-electron chi connectivity index (χ4n) is 3.55. The molecule has 0 bridgehead atoms. The monoisotopic (exact) mass is 389 g/mol. The molecule has 0 saturated carbocycles. The number of fused-ring (bicyclic) bond motifs is 1. The van der Waals surface area contributed by atoms with Crippen molar-refractivity contribution in [2.24, 2.45) is 5.92 Å². The Labute approximate surface area is 174 Å². The summed E-state index contributed by atoms with van der Waals surface area (Å²) >= 11 is 0. The summed E-state index contributed by atoms with van der Waals surface area (Å²) in [5.41, 5.74) is 5.49. The standard InChI is InChI=1S/C25H31N3O/c1-4-7-19(5-2)20-10-14-23(15-11-20)28-25(29)18(3)9-13-22-16-12-21-8-6-17-26-24(21)27-22/h4-5,7,10-12,14-16,18H,6,8-9,13,17H2,1-3H3,(H,26,27)(H,28,29). The van der Waals surface area contributed by atoms with Gasteiger partial charge in [-0.05, 0) is 74.4 Å². The molecule has 0 fully saturated rings. The molecule has 1 amide bonds. The van der Waals surface area contributed by atoms with E-state index < -0.39 is 0 Å². The number of hydrogen-bond acceptors (Lipinski definition) is 3. The number of anilines is 2. The number of nitrogens with zero attached hydrogens (tertiary/aromatic N) is 1. The van der Waals surface area contributed by atoms with Gasteiger partial charge in [0, 0.05) is 23.8 Å². The molecule has 0 aliphatic carbocycles. The molecule has 1 aromatic carbocycles. The minimum atomic E-state index is -0.0745. The molecule has 2 heterocycles. The minimum absolute atomic E-state index is 0.0496. The molecule has 1 aliphatic rings. The number of hydrogen-bond donors (Lipinski definition) is 2. The highest BCUT2D eigenvalue weighted by Gasteiger charge is 2.15. The molecule has 0 saturated heterocycles. The van der Waals surface area contributed by atoms with Crippen LogP contribution in [0.15, 0.2) is 54.6 Å².